The zero-order valence-electron chi connectivity index (χ0n) is 8.60. The summed E-state index contributed by atoms with van der Waals surface area (Å²) < 4.78 is 37.9. The van der Waals surface area contributed by atoms with E-state index < -0.39 is 11.7 Å². The highest BCUT2D eigenvalue weighted by molar-refractivity contribution is 5.45. The Morgan fingerprint density at radius 3 is 2.44 bits per heavy atom. The van der Waals surface area contributed by atoms with Crippen molar-refractivity contribution < 1.29 is 13.2 Å². The standard InChI is InChI=1S/C9H11F3N4/c1-5-4-6(15-7(13)14-5)16-8(2-3-8)9(10,11)12/h4H,2-3H2,1H3,(H3,13,14,15,16). The molecule has 2 rings (SSSR count). The van der Waals surface area contributed by atoms with Gasteiger partial charge in [0.2, 0.25) is 5.95 Å². The van der Waals surface area contributed by atoms with E-state index >= 15 is 0 Å². The number of nitrogen functional groups attached to an aromatic ring is 1. The Morgan fingerprint density at radius 2 is 2.00 bits per heavy atom. The van der Waals surface area contributed by atoms with Gasteiger partial charge in [0.25, 0.3) is 0 Å². The van der Waals surface area contributed by atoms with Crippen LogP contribution in [-0.4, -0.2) is 21.7 Å². The van der Waals surface area contributed by atoms with Crippen molar-refractivity contribution in [3.05, 3.63) is 11.8 Å². The maximum Gasteiger partial charge on any atom is 0.411 e. The molecule has 1 aromatic rings. The summed E-state index contributed by atoms with van der Waals surface area (Å²) in [5.41, 5.74) is 4.08. The van der Waals surface area contributed by atoms with Crippen LogP contribution in [0.1, 0.15) is 18.5 Å². The second kappa shape index (κ2) is 3.23. The van der Waals surface area contributed by atoms with Gasteiger partial charge in [-0.25, -0.2) is 4.98 Å². The highest BCUT2D eigenvalue weighted by atomic mass is 19.4. The van der Waals surface area contributed by atoms with Crippen LogP contribution in [0.3, 0.4) is 0 Å². The van der Waals surface area contributed by atoms with Crippen LogP contribution < -0.4 is 11.1 Å². The SMILES string of the molecule is Cc1cc(NC2(C(F)(F)F)CC2)nc(N)n1. The number of hydrogen-bond acceptors (Lipinski definition) is 4. The Bertz CT molecular complexity index is 391. The zero-order valence-corrected chi connectivity index (χ0v) is 8.60. The summed E-state index contributed by atoms with van der Waals surface area (Å²) >= 11 is 0. The maximum atomic E-state index is 12.6. The van der Waals surface area contributed by atoms with Gasteiger partial charge in [-0.05, 0) is 19.8 Å². The molecular formula is C9H11F3N4. The molecule has 1 fully saturated rings. The number of nitrogens with two attached hydrogens (primary N) is 1. The number of alkyl halides is 3. The third-order valence-electron chi connectivity index (χ3n) is 2.53. The minimum Gasteiger partial charge on any atom is -0.368 e. The molecule has 0 bridgehead atoms. The lowest BCUT2D eigenvalue weighted by Gasteiger charge is -2.21. The molecule has 3 N–H and O–H groups in total. The Balaban J connectivity index is 2.22. The minimum atomic E-state index is -4.26. The number of aromatic nitrogens is 2. The second-order valence-electron chi connectivity index (χ2n) is 3.96. The van der Waals surface area contributed by atoms with E-state index in [1.807, 2.05) is 0 Å². The van der Waals surface area contributed by atoms with Crippen LogP contribution in [0.2, 0.25) is 0 Å². The van der Waals surface area contributed by atoms with Crippen LogP contribution in [0, 0.1) is 6.92 Å². The Morgan fingerprint density at radius 1 is 1.38 bits per heavy atom. The zero-order chi connectivity index (χ0) is 12.0. The molecule has 1 aliphatic carbocycles. The van der Waals surface area contributed by atoms with Crippen molar-refractivity contribution in [2.45, 2.75) is 31.5 Å². The van der Waals surface area contributed by atoms with Crippen molar-refractivity contribution >= 4 is 11.8 Å². The van der Waals surface area contributed by atoms with Crippen LogP contribution in [0.5, 0.6) is 0 Å². The number of hydrogen-bond donors (Lipinski definition) is 2. The first-order chi connectivity index (χ1) is 7.32. The fourth-order valence-corrected chi connectivity index (χ4v) is 1.51. The van der Waals surface area contributed by atoms with Crippen molar-refractivity contribution in [3.63, 3.8) is 0 Å². The molecule has 0 spiro atoms. The first-order valence-corrected chi connectivity index (χ1v) is 4.78. The van der Waals surface area contributed by atoms with E-state index in [-0.39, 0.29) is 24.6 Å². The molecule has 0 unspecified atom stereocenters. The molecule has 1 heterocycles. The quantitative estimate of drug-likeness (QED) is 0.817. The molecule has 0 radical (unpaired) electrons. The summed E-state index contributed by atoms with van der Waals surface area (Å²) in [5, 5.41) is 2.39. The normalized spacial score (nSPS) is 18.2. The summed E-state index contributed by atoms with van der Waals surface area (Å²) in [6.07, 6.45) is -4.13. The summed E-state index contributed by atoms with van der Waals surface area (Å²) in [5.74, 6) is 0.0975. The van der Waals surface area contributed by atoms with Crippen LogP contribution in [0.4, 0.5) is 24.9 Å². The van der Waals surface area contributed by atoms with Crippen molar-refractivity contribution in [2.24, 2.45) is 0 Å². The predicted molar refractivity (Wildman–Crippen MR) is 52.8 cm³/mol. The molecule has 7 heteroatoms. The van der Waals surface area contributed by atoms with Crippen molar-refractivity contribution in [1.82, 2.24) is 9.97 Å². The topological polar surface area (TPSA) is 63.8 Å². The van der Waals surface area contributed by atoms with Gasteiger partial charge in [-0.15, -0.1) is 0 Å². The van der Waals surface area contributed by atoms with E-state index in [2.05, 4.69) is 15.3 Å². The van der Waals surface area contributed by atoms with Crippen LogP contribution in [0.15, 0.2) is 6.07 Å². The lowest BCUT2D eigenvalue weighted by molar-refractivity contribution is -0.151. The van der Waals surface area contributed by atoms with Gasteiger partial charge in [0, 0.05) is 11.8 Å². The number of rotatable bonds is 2. The molecule has 4 nitrogen and oxygen atoms in total. The lowest BCUT2D eigenvalue weighted by Crippen LogP contribution is -2.39. The maximum absolute atomic E-state index is 12.6. The first-order valence-electron chi connectivity index (χ1n) is 4.78. The molecule has 1 saturated carbocycles. The molecule has 0 aromatic carbocycles. The molecule has 1 aliphatic rings. The molecule has 1 aromatic heterocycles. The largest absolute Gasteiger partial charge is 0.411 e. The van der Waals surface area contributed by atoms with E-state index in [1.54, 1.807) is 6.92 Å². The van der Waals surface area contributed by atoms with Crippen molar-refractivity contribution in [1.29, 1.82) is 0 Å². The number of nitrogens with one attached hydrogen (secondary N) is 1. The van der Waals surface area contributed by atoms with E-state index in [1.165, 1.54) is 6.07 Å². The summed E-state index contributed by atoms with van der Waals surface area (Å²) in [7, 11) is 0. The molecule has 16 heavy (non-hydrogen) atoms. The van der Waals surface area contributed by atoms with Gasteiger partial charge < -0.3 is 11.1 Å². The number of aryl methyl sites for hydroxylation is 1. The number of nitrogens with zero attached hydrogens (tertiary/aromatic N) is 2. The fraction of sp³-hybridized carbons (Fsp3) is 0.556. The monoisotopic (exact) mass is 232 g/mol. The molecule has 0 amide bonds. The molecular weight excluding hydrogens is 221 g/mol. The van der Waals surface area contributed by atoms with Crippen molar-refractivity contribution in [2.75, 3.05) is 11.1 Å². The Kier molecular flexibility index (Phi) is 2.21. The average molecular weight is 232 g/mol. The summed E-state index contributed by atoms with van der Waals surface area (Å²) in [6.45, 7) is 1.65. The van der Waals surface area contributed by atoms with E-state index in [9.17, 15) is 13.2 Å². The first kappa shape index (κ1) is 11.0. The fourth-order valence-electron chi connectivity index (χ4n) is 1.51. The van der Waals surface area contributed by atoms with Gasteiger partial charge in [-0.1, -0.05) is 0 Å². The van der Waals surface area contributed by atoms with Crippen LogP contribution in [0.25, 0.3) is 0 Å². The van der Waals surface area contributed by atoms with Gasteiger partial charge in [0.1, 0.15) is 11.4 Å². The van der Waals surface area contributed by atoms with Gasteiger partial charge in [-0.2, -0.15) is 18.2 Å². The highest BCUT2D eigenvalue weighted by Gasteiger charge is 2.63. The average Bonchev–Trinajstić information content (AvgIpc) is 2.81. The van der Waals surface area contributed by atoms with Gasteiger partial charge in [-0.3, -0.25) is 0 Å². The van der Waals surface area contributed by atoms with Gasteiger partial charge in [0.05, 0.1) is 0 Å². The molecule has 0 atom stereocenters. The third-order valence-corrected chi connectivity index (χ3v) is 2.53. The van der Waals surface area contributed by atoms with Gasteiger partial charge in [0.15, 0.2) is 0 Å². The van der Waals surface area contributed by atoms with Crippen molar-refractivity contribution in [3.8, 4) is 0 Å². The van der Waals surface area contributed by atoms with Crippen LogP contribution >= 0.6 is 0 Å². The molecule has 88 valence electrons. The molecule has 0 saturated heterocycles. The van der Waals surface area contributed by atoms with Crippen LogP contribution in [-0.2, 0) is 0 Å². The van der Waals surface area contributed by atoms with E-state index in [0.29, 0.717) is 5.69 Å². The summed E-state index contributed by atoms with van der Waals surface area (Å²) in [6, 6.07) is 1.45. The third kappa shape index (κ3) is 1.89. The lowest BCUT2D eigenvalue weighted by atomic mass is 10.2. The highest BCUT2D eigenvalue weighted by Crippen LogP contribution is 2.50. The number of anilines is 2. The predicted octanol–water partition coefficient (Wildman–Crippen LogP) is 1.87. The molecule has 0 aliphatic heterocycles. The number of halogens is 3. The second-order valence-corrected chi connectivity index (χ2v) is 3.96. The Labute approximate surface area is 90.1 Å². The van der Waals surface area contributed by atoms with E-state index in [4.69, 9.17) is 5.73 Å². The van der Waals surface area contributed by atoms with Gasteiger partial charge >= 0.3 is 6.18 Å². The van der Waals surface area contributed by atoms with E-state index in [0.717, 1.165) is 0 Å². The smallest absolute Gasteiger partial charge is 0.368 e. The summed E-state index contributed by atoms with van der Waals surface area (Å²) in [4.78, 5) is 7.52. The Hall–Kier alpha value is -1.53. The minimum absolute atomic E-state index is 0.0273.